The number of rotatable bonds is 2. The highest BCUT2D eigenvalue weighted by molar-refractivity contribution is 5.91. The summed E-state index contributed by atoms with van der Waals surface area (Å²) in [5, 5.41) is 3.99. The minimum atomic E-state index is -0.0603. The van der Waals surface area contributed by atoms with E-state index in [4.69, 9.17) is 0 Å². The molecule has 1 amide bonds. The highest BCUT2D eigenvalue weighted by Crippen LogP contribution is 2.14. The smallest absolute Gasteiger partial charge is 0.326 e. The van der Waals surface area contributed by atoms with E-state index in [0.29, 0.717) is 12.5 Å². The van der Waals surface area contributed by atoms with Crippen LogP contribution in [0.1, 0.15) is 13.8 Å². The zero-order valence-electron chi connectivity index (χ0n) is 9.60. The van der Waals surface area contributed by atoms with Crippen molar-refractivity contribution in [3.8, 4) is 0 Å². The molecule has 1 heterocycles. The second kappa shape index (κ2) is 4.39. The number of amides is 1. The molecule has 0 fully saturated rings. The molecule has 0 atom stereocenters. The Labute approximate surface area is 95.1 Å². The number of carbonyl (C=O) groups is 1. The van der Waals surface area contributed by atoms with Gasteiger partial charge in [0.15, 0.2) is 0 Å². The minimum absolute atomic E-state index is 0.0603. The van der Waals surface area contributed by atoms with Crippen LogP contribution < -0.4 is 5.32 Å². The summed E-state index contributed by atoms with van der Waals surface area (Å²) in [5.74, 6) is 0.464. The van der Waals surface area contributed by atoms with E-state index in [1.165, 1.54) is 0 Å². The van der Waals surface area contributed by atoms with E-state index in [-0.39, 0.29) is 6.03 Å². The van der Waals surface area contributed by atoms with E-state index in [9.17, 15) is 4.79 Å². The third-order valence-corrected chi connectivity index (χ3v) is 2.48. The molecule has 3 heteroatoms. The Morgan fingerprint density at radius 2 is 2.06 bits per heavy atom. The Kier molecular flexibility index (Phi) is 2.95. The molecular weight excluding hydrogens is 200 g/mol. The molecule has 2 aromatic rings. The fourth-order valence-electron chi connectivity index (χ4n) is 1.64. The first-order valence-electron chi connectivity index (χ1n) is 5.53. The van der Waals surface area contributed by atoms with Crippen LogP contribution in [0.25, 0.3) is 10.9 Å². The SMILES string of the molecule is CC(C)CNC(=O)n1ccc2ccccc21. The second-order valence-corrected chi connectivity index (χ2v) is 4.32. The van der Waals surface area contributed by atoms with E-state index in [1.54, 1.807) is 10.8 Å². The standard InChI is InChI=1S/C13H16N2O/c1-10(2)9-14-13(16)15-8-7-11-5-3-4-6-12(11)15/h3-8,10H,9H2,1-2H3,(H,14,16). The summed E-state index contributed by atoms with van der Waals surface area (Å²) in [6.45, 7) is 4.85. The average molecular weight is 216 g/mol. The summed E-state index contributed by atoms with van der Waals surface area (Å²) in [7, 11) is 0. The molecule has 0 bridgehead atoms. The van der Waals surface area contributed by atoms with Crippen molar-refractivity contribution in [1.82, 2.24) is 9.88 Å². The maximum Gasteiger partial charge on any atom is 0.326 e. The molecule has 0 saturated carbocycles. The van der Waals surface area contributed by atoms with Crippen molar-refractivity contribution in [3.05, 3.63) is 36.5 Å². The highest BCUT2D eigenvalue weighted by Gasteiger charge is 2.07. The Morgan fingerprint density at radius 1 is 1.31 bits per heavy atom. The van der Waals surface area contributed by atoms with Crippen LogP contribution in [0.5, 0.6) is 0 Å². The van der Waals surface area contributed by atoms with Crippen LogP contribution in [0.15, 0.2) is 36.5 Å². The molecule has 0 aliphatic rings. The van der Waals surface area contributed by atoms with Crippen LogP contribution in [-0.2, 0) is 0 Å². The molecule has 0 spiro atoms. The lowest BCUT2D eigenvalue weighted by atomic mass is 10.2. The largest absolute Gasteiger partial charge is 0.337 e. The van der Waals surface area contributed by atoms with Gasteiger partial charge in [-0.3, -0.25) is 4.57 Å². The molecule has 16 heavy (non-hydrogen) atoms. The van der Waals surface area contributed by atoms with Crippen molar-refractivity contribution < 1.29 is 4.79 Å². The summed E-state index contributed by atoms with van der Waals surface area (Å²) in [5.41, 5.74) is 0.948. The highest BCUT2D eigenvalue weighted by atomic mass is 16.2. The maximum absolute atomic E-state index is 11.9. The lowest BCUT2D eigenvalue weighted by Gasteiger charge is -2.08. The van der Waals surface area contributed by atoms with Gasteiger partial charge in [0.2, 0.25) is 0 Å². The molecule has 2 rings (SSSR count). The van der Waals surface area contributed by atoms with Gasteiger partial charge in [-0.05, 0) is 18.1 Å². The summed E-state index contributed by atoms with van der Waals surface area (Å²) < 4.78 is 1.65. The number of carbonyl (C=O) groups excluding carboxylic acids is 1. The van der Waals surface area contributed by atoms with Gasteiger partial charge >= 0.3 is 6.03 Å². The molecule has 0 aliphatic heterocycles. The quantitative estimate of drug-likeness (QED) is 0.822. The lowest BCUT2D eigenvalue weighted by Crippen LogP contribution is -2.30. The van der Waals surface area contributed by atoms with Crippen molar-refractivity contribution in [2.24, 2.45) is 5.92 Å². The fraction of sp³-hybridized carbons (Fsp3) is 0.308. The molecule has 3 nitrogen and oxygen atoms in total. The van der Waals surface area contributed by atoms with Gasteiger partial charge in [-0.15, -0.1) is 0 Å². The van der Waals surface area contributed by atoms with Gasteiger partial charge in [-0.1, -0.05) is 32.0 Å². The number of fused-ring (bicyclic) bond motifs is 1. The molecule has 1 aromatic carbocycles. The first-order chi connectivity index (χ1) is 7.68. The fourth-order valence-corrected chi connectivity index (χ4v) is 1.64. The third kappa shape index (κ3) is 2.08. The van der Waals surface area contributed by atoms with E-state index >= 15 is 0 Å². The number of hydrogen-bond donors (Lipinski definition) is 1. The molecule has 0 unspecified atom stereocenters. The van der Waals surface area contributed by atoms with E-state index < -0.39 is 0 Å². The maximum atomic E-state index is 11.9. The van der Waals surface area contributed by atoms with Crippen LogP contribution in [0.4, 0.5) is 4.79 Å². The predicted molar refractivity (Wildman–Crippen MR) is 65.6 cm³/mol. The Bertz CT molecular complexity index is 499. The van der Waals surface area contributed by atoms with Crippen LogP contribution in [-0.4, -0.2) is 17.1 Å². The van der Waals surface area contributed by atoms with Crippen LogP contribution in [0.2, 0.25) is 0 Å². The average Bonchev–Trinajstić information content (AvgIpc) is 2.69. The van der Waals surface area contributed by atoms with Gasteiger partial charge in [-0.25, -0.2) is 4.79 Å². The zero-order valence-corrected chi connectivity index (χ0v) is 9.60. The van der Waals surface area contributed by atoms with Gasteiger partial charge in [-0.2, -0.15) is 0 Å². The lowest BCUT2D eigenvalue weighted by molar-refractivity contribution is 0.242. The Morgan fingerprint density at radius 3 is 2.81 bits per heavy atom. The summed E-state index contributed by atoms with van der Waals surface area (Å²) in [4.78, 5) is 11.9. The second-order valence-electron chi connectivity index (χ2n) is 4.32. The molecule has 0 aliphatic carbocycles. The van der Waals surface area contributed by atoms with Crippen molar-refractivity contribution >= 4 is 16.9 Å². The monoisotopic (exact) mass is 216 g/mol. The first kappa shape index (κ1) is 10.7. The topological polar surface area (TPSA) is 34.0 Å². The molecular formula is C13H16N2O. The molecule has 0 saturated heterocycles. The number of para-hydroxylation sites is 1. The van der Waals surface area contributed by atoms with Gasteiger partial charge in [0.05, 0.1) is 5.52 Å². The zero-order chi connectivity index (χ0) is 11.5. The van der Waals surface area contributed by atoms with Crippen molar-refractivity contribution in [1.29, 1.82) is 0 Å². The predicted octanol–water partition coefficient (Wildman–Crippen LogP) is 2.86. The summed E-state index contributed by atoms with van der Waals surface area (Å²) in [6, 6.07) is 9.75. The van der Waals surface area contributed by atoms with Crippen LogP contribution in [0.3, 0.4) is 0 Å². The van der Waals surface area contributed by atoms with E-state index in [0.717, 1.165) is 10.9 Å². The molecule has 1 aromatic heterocycles. The molecule has 1 N–H and O–H groups in total. The van der Waals surface area contributed by atoms with Gasteiger partial charge in [0, 0.05) is 18.1 Å². The van der Waals surface area contributed by atoms with Gasteiger partial charge in [0.25, 0.3) is 0 Å². The van der Waals surface area contributed by atoms with Crippen molar-refractivity contribution in [3.63, 3.8) is 0 Å². The number of nitrogens with one attached hydrogen (secondary N) is 1. The van der Waals surface area contributed by atoms with E-state index in [2.05, 4.69) is 19.2 Å². The number of nitrogens with zero attached hydrogens (tertiary/aromatic N) is 1. The van der Waals surface area contributed by atoms with Crippen LogP contribution >= 0.6 is 0 Å². The molecule has 84 valence electrons. The number of benzene rings is 1. The minimum Gasteiger partial charge on any atom is -0.337 e. The Hall–Kier alpha value is -1.77. The third-order valence-electron chi connectivity index (χ3n) is 2.48. The van der Waals surface area contributed by atoms with E-state index in [1.807, 2.05) is 30.3 Å². The summed E-state index contributed by atoms with van der Waals surface area (Å²) in [6.07, 6.45) is 1.81. The first-order valence-corrected chi connectivity index (χ1v) is 5.53. The Balaban J connectivity index is 2.23. The van der Waals surface area contributed by atoms with Gasteiger partial charge in [0.1, 0.15) is 0 Å². The van der Waals surface area contributed by atoms with Gasteiger partial charge < -0.3 is 5.32 Å². The van der Waals surface area contributed by atoms with Crippen LogP contribution in [0, 0.1) is 5.92 Å². The van der Waals surface area contributed by atoms with Crippen molar-refractivity contribution in [2.75, 3.05) is 6.54 Å². The number of hydrogen-bond acceptors (Lipinski definition) is 1. The summed E-state index contributed by atoms with van der Waals surface area (Å²) >= 11 is 0. The van der Waals surface area contributed by atoms with Crippen molar-refractivity contribution in [2.45, 2.75) is 13.8 Å². The number of aromatic nitrogens is 1. The normalized spacial score (nSPS) is 10.9. The molecule has 0 radical (unpaired) electrons.